The van der Waals surface area contributed by atoms with E-state index in [-0.39, 0.29) is 12.1 Å². The molecule has 16 heavy (non-hydrogen) atoms. The summed E-state index contributed by atoms with van der Waals surface area (Å²) in [5.74, 6) is 0. The molecule has 2 N–H and O–H groups in total. The van der Waals surface area contributed by atoms with Gasteiger partial charge in [0.15, 0.2) is 0 Å². The molecule has 0 fully saturated rings. The lowest BCUT2D eigenvalue weighted by Gasteiger charge is -2.24. The SMILES string of the molecule is COC(=O)N[C@@H]1C=CC=C[C@H]1NC(=O)OC. The summed E-state index contributed by atoms with van der Waals surface area (Å²) in [7, 11) is 2.56. The van der Waals surface area contributed by atoms with Gasteiger partial charge in [-0.2, -0.15) is 0 Å². The fraction of sp³-hybridized carbons (Fsp3) is 0.400. The zero-order chi connectivity index (χ0) is 12.0. The summed E-state index contributed by atoms with van der Waals surface area (Å²) >= 11 is 0. The van der Waals surface area contributed by atoms with Gasteiger partial charge in [0.1, 0.15) is 0 Å². The van der Waals surface area contributed by atoms with E-state index in [0.29, 0.717) is 0 Å². The van der Waals surface area contributed by atoms with Crippen LogP contribution in [0.2, 0.25) is 0 Å². The quantitative estimate of drug-likeness (QED) is 0.721. The molecule has 0 heterocycles. The van der Waals surface area contributed by atoms with Crippen LogP contribution >= 0.6 is 0 Å². The molecule has 0 saturated carbocycles. The van der Waals surface area contributed by atoms with Gasteiger partial charge in [0.2, 0.25) is 0 Å². The maximum Gasteiger partial charge on any atom is 0.407 e. The summed E-state index contributed by atoms with van der Waals surface area (Å²) in [5, 5.41) is 5.16. The van der Waals surface area contributed by atoms with Crippen molar-refractivity contribution in [3.8, 4) is 0 Å². The number of hydrogen-bond acceptors (Lipinski definition) is 4. The number of carbonyl (C=O) groups is 2. The Hall–Kier alpha value is -1.98. The molecule has 0 aliphatic heterocycles. The highest BCUT2D eigenvalue weighted by atomic mass is 16.5. The summed E-state index contributed by atoms with van der Waals surface area (Å²) in [6.45, 7) is 0. The Bertz CT molecular complexity index is 293. The Morgan fingerprint density at radius 2 is 1.31 bits per heavy atom. The second kappa shape index (κ2) is 5.79. The zero-order valence-electron chi connectivity index (χ0n) is 9.10. The van der Waals surface area contributed by atoms with Crippen LogP contribution in [-0.4, -0.2) is 38.5 Å². The third kappa shape index (κ3) is 3.30. The topological polar surface area (TPSA) is 76.7 Å². The van der Waals surface area contributed by atoms with Crippen LogP contribution in [0.4, 0.5) is 9.59 Å². The monoisotopic (exact) mass is 226 g/mol. The molecule has 0 radical (unpaired) electrons. The van der Waals surface area contributed by atoms with E-state index in [1.165, 1.54) is 14.2 Å². The smallest absolute Gasteiger partial charge is 0.407 e. The average Bonchev–Trinajstić information content (AvgIpc) is 2.31. The first-order chi connectivity index (χ1) is 7.67. The van der Waals surface area contributed by atoms with Crippen LogP contribution in [0.1, 0.15) is 0 Å². The Labute approximate surface area is 93.3 Å². The van der Waals surface area contributed by atoms with Crippen molar-refractivity contribution in [1.82, 2.24) is 10.6 Å². The molecule has 1 aliphatic rings. The van der Waals surface area contributed by atoms with Crippen LogP contribution in [0.15, 0.2) is 24.3 Å². The standard InChI is InChI=1S/C10H14N2O4/c1-15-9(13)11-7-5-3-4-6-8(7)12-10(14)16-2/h3-8H,1-2H3,(H,11,13)(H,12,14)/t7-,8-/m1/s1. The second-order valence-electron chi connectivity index (χ2n) is 3.09. The maximum atomic E-state index is 11.0. The molecule has 1 aliphatic carbocycles. The molecule has 2 atom stereocenters. The Balaban J connectivity index is 2.59. The van der Waals surface area contributed by atoms with Gasteiger partial charge in [-0.05, 0) is 0 Å². The number of amides is 2. The molecule has 1 rings (SSSR count). The van der Waals surface area contributed by atoms with Gasteiger partial charge in [-0.1, -0.05) is 24.3 Å². The molecule has 0 aromatic rings. The summed E-state index contributed by atoms with van der Waals surface area (Å²) in [6, 6.07) is -0.701. The van der Waals surface area contributed by atoms with Gasteiger partial charge in [-0.25, -0.2) is 9.59 Å². The highest BCUT2D eigenvalue weighted by Gasteiger charge is 2.22. The largest absolute Gasteiger partial charge is 0.453 e. The first-order valence-electron chi connectivity index (χ1n) is 4.71. The average molecular weight is 226 g/mol. The maximum absolute atomic E-state index is 11.0. The van der Waals surface area contributed by atoms with Crippen molar-refractivity contribution in [3.63, 3.8) is 0 Å². The van der Waals surface area contributed by atoms with Crippen molar-refractivity contribution < 1.29 is 19.1 Å². The van der Waals surface area contributed by atoms with Crippen molar-refractivity contribution in [2.24, 2.45) is 0 Å². The lowest BCUT2D eigenvalue weighted by molar-refractivity contribution is 0.159. The van der Waals surface area contributed by atoms with Crippen molar-refractivity contribution in [1.29, 1.82) is 0 Å². The summed E-state index contributed by atoms with van der Waals surface area (Å²) < 4.78 is 8.96. The first-order valence-corrected chi connectivity index (χ1v) is 4.71. The van der Waals surface area contributed by atoms with Crippen LogP contribution in [0.25, 0.3) is 0 Å². The van der Waals surface area contributed by atoms with E-state index in [0.717, 1.165) is 0 Å². The number of nitrogens with one attached hydrogen (secondary N) is 2. The number of ether oxygens (including phenoxy) is 2. The second-order valence-corrected chi connectivity index (χ2v) is 3.09. The molecule has 0 unspecified atom stereocenters. The number of allylic oxidation sites excluding steroid dienone is 2. The van der Waals surface area contributed by atoms with Crippen molar-refractivity contribution >= 4 is 12.2 Å². The van der Waals surface area contributed by atoms with Crippen LogP contribution in [0.5, 0.6) is 0 Å². The van der Waals surface area contributed by atoms with E-state index in [1.54, 1.807) is 24.3 Å². The van der Waals surface area contributed by atoms with Crippen LogP contribution in [0.3, 0.4) is 0 Å². The Kier molecular flexibility index (Phi) is 4.38. The van der Waals surface area contributed by atoms with Gasteiger partial charge < -0.3 is 20.1 Å². The van der Waals surface area contributed by atoms with Crippen LogP contribution in [-0.2, 0) is 9.47 Å². The normalized spacial score (nSPS) is 22.4. The highest BCUT2D eigenvalue weighted by molar-refractivity contribution is 5.70. The lowest BCUT2D eigenvalue weighted by Crippen LogP contribution is -2.50. The molecule has 88 valence electrons. The molecule has 2 amide bonds. The molecule has 0 aromatic heterocycles. The van der Waals surface area contributed by atoms with Crippen molar-refractivity contribution in [2.45, 2.75) is 12.1 Å². The molecule has 6 heteroatoms. The van der Waals surface area contributed by atoms with Gasteiger partial charge >= 0.3 is 12.2 Å². The fourth-order valence-electron chi connectivity index (χ4n) is 1.27. The van der Waals surface area contributed by atoms with Gasteiger partial charge in [-0.3, -0.25) is 0 Å². The number of hydrogen-bond donors (Lipinski definition) is 2. The molecule has 0 saturated heterocycles. The Morgan fingerprint density at radius 1 is 0.938 bits per heavy atom. The Morgan fingerprint density at radius 3 is 1.62 bits per heavy atom. The van der Waals surface area contributed by atoms with E-state index in [9.17, 15) is 9.59 Å². The van der Waals surface area contributed by atoms with E-state index >= 15 is 0 Å². The first kappa shape index (κ1) is 12.1. The van der Waals surface area contributed by atoms with Gasteiger partial charge in [0.05, 0.1) is 26.3 Å². The van der Waals surface area contributed by atoms with Gasteiger partial charge in [-0.15, -0.1) is 0 Å². The molecule has 0 spiro atoms. The highest BCUT2D eigenvalue weighted by Crippen LogP contribution is 2.05. The summed E-state index contributed by atoms with van der Waals surface area (Å²) in [4.78, 5) is 22.1. The number of methoxy groups -OCH3 is 2. The van der Waals surface area contributed by atoms with Crippen LogP contribution in [0, 0.1) is 0 Å². The number of carbonyl (C=O) groups excluding carboxylic acids is 2. The molecule has 0 bridgehead atoms. The van der Waals surface area contributed by atoms with E-state index in [1.807, 2.05) is 0 Å². The predicted octanol–water partition coefficient (Wildman–Crippen LogP) is 0.562. The van der Waals surface area contributed by atoms with Gasteiger partial charge in [0.25, 0.3) is 0 Å². The fourth-order valence-corrected chi connectivity index (χ4v) is 1.27. The number of alkyl carbamates (subject to hydrolysis) is 2. The lowest BCUT2D eigenvalue weighted by atomic mass is 10.0. The zero-order valence-corrected chi connectivity index (χ0v) is 9.10. The van der Waals surface area contributed by atoms with Crippen LogP contribution < -0.4 is 10.6 Å². The molecular formula is C10H14N2O4. The minimum atomic E-state index is -0.554. The molecule has 6 nitrogen and oxygen atoms in total. The third-order valence-electron chi connectivity index (χ3n) is 2.07. The summed E-state index contributed by atoms with van der Waals surface area (Å²) in [6.07, 6.45) is 5.93. The van der Waals surface area contributed by atoms with E-state index in [2.05, 4.69) is 20.1 Å². The minimum absolute atomic E-state index is 0.350. The van der Waals surface area contributed by atoms with E-state index < -0.39 is 12.2 Å². The van der Waals surface area contributed by atoms with Gasteiger partial charge in [0, 0.05) is 0 Å². The minimum Gasteiger partial charge on any atom is -0.453 e. The third-order valence-corrected chi connectivity index (χ3v) is 2.07. The molecular weight excluding hydrogens is 212 g/mol. The molecule has 0 aromatic carbocycles. The predicted molar refractivity (Wildman–Crippen MR) is 56.9 cm³/mol. The summed E-state index contributed by atoms with van der Waals surface area (Å²) in [5.41, 5.74) is 0. The number of rotatable bonds is 2. The van der Waals surface area contributed by atoms with Crippen molar-refractivity contribution in [3.05, 3.63) is 24.3 Å². The van der Waals surface area contributed by atoms with E-state index in [4.69, 9.17) is 0 Å². The van der Waals surface area contributed by atoms with Crippen molar-refractivity contribution in [2.75, 3.05) is 14.2 Å².